The summed E-state index contributed by atoms with van der Waals surface area (Å²) in [6, 6.07) is 3.33. The van der Waals surface area contributed by atoms with Gasteiger partial charge in [-0.15, -0.1) is 5.10 Å². The molecule has 2 amide bonds. The van der Waals surface area contributed by atoms with Gasteiger partial charge >= 0.3 is 0 Å². The van der Waals surface area contributed by atoms with Crippen LogP contribution in [0.2, 0.25) is 0 Å². The molecule has 0 saturated heterocycles. The zero-order valence-electron chi connectivity index (χ0n) is 14.2. The summed E-state index contributed by atoms with van der Waals surface area (Å²) in [6.45, 7) is 3.05. The molecule has 0 aliphatic heterocycles. The molecule has 11 heteroatoms. The molecule has 0 aromatic carbocycles. The van der Waals surface area contributed by atoms with Crippen molar-refractivity contribution < 1.29 is 9.59 Å². The quantitative estimate of drug-likeness (QED) is 0.421. The lowest BCUT2D eigenvalue weighted by Crippen LogP contribution is -2.41. The van der Waals surface area contributed by atoms with Crippen molar-refractivity contribution in [2.45, 2.75) is 19.4 Å². The van der Waals surface area contributed by atoms with Gasteiger partial charge in [-0.2, -0.15) is 0 Å². The van der Waals surface area contributed by atoms with Gasteiger partial charge in [0.25, 0.3) is 5.91 Å². The van der Waals surface area contributed by atoms with Crippen LogP contribution < -0.4 is 11.1 Å². The van der Waals surface area contributed by atoms with Gasteiger partial charge in [-0.25, -0.2) is 4.68 Å². The summed E-state index contributed by atoms with van der Waals surface area (Å²) in [7, 11) is 0. The third-order valence-corrected chi connectivity index (χ3v) is 4.31. The Morgan fingerprint density at radius 2 is 1.96 bits per heavy atom. The van der Waals surface area contributed by atoms with Gasteiger partial charge in [0.05, 0.1) is 17.8 Å². The highest BCUT2D eigenvalue weighted by molar-refractivity contribution is 8.26. The summed E-state index contributed by atoms with van der Waals surface area (Å²) in [4.78, 5) is 27.4. The van der Waals surface area contributed by atoms with E-state index >= 15 is 0 Å². The number of amides is 2. The molecular weight excluding hydrogens is 356 g/mol. The Kier molecular flexibility index (Phi) is 5.82. The number of aromatic nitrogens is 4. The molecule has 0 radical (unpaired) electrons. The van der Waals surface area contributed by atoms with Gasteiger partial charge in [-0.05, 0) is 26.0 Å². The fourth-order valence-electron chi connectivity index (χ4n) is 1.73. The van der Waals surface area contributed by atoms with Crippen molar-refractivity contribution in [3.8, 4) is 0 Å². The van der Waals surface area contributed by atoms with Crippen molar-refractivity contribution >= 4 is 33.7 Å². The van der Waals surface area contributed by atoms with Crippen molar-refractivity contribution in [1.82, 2.24) is 25.3 Å². The minimum atomic E-state index is -1.12. The third kappa shape index (κ3) is 4.51. The fourth-order valence-corrected chi connectivity index (χ4v) is 2.37. The number of pyridine rings is 1. The largest absolute Gasteiger partial charge is 0.368 e. The van der Waals surface area contributed by atoms with Crippen LogP contribution in [0.5, 0.6) is 0 Å². The van der Waals surface area contributed by atoms with Crippen molar-refractivity contribution in [3.63, 3.8) is 0 Å². The van der Waals surface area contributed by atoms with E-state index in [-0.39, 0.29) is 22.3 Å². The van der Waals surface area contributed by atoms with Gasteiger partial charge in [0.15, 0.2) is 5.69 Å². The van der Waals surface area contributed by atoms with Gasteiger partial charge in [0.2, 0.25) is 5.91 Å². The van der Waals surface area contributed by atoms with E-state index in [9.17, 15) is 9.59 Å². The number of primary amides is 1. The Labute approximate surface area is 153 Å². The number of hydrogen-bond acceptors (Lipinski definition) is 8. The number of nitrogens with one attached hydrogen (secondary N) is 3. The molecule has 0 fully saturated rings. The molecule has 10 nitrogen and oxygen atoms in total. The SMILES string of the molecule is CC(C)(C(N)=O)n1cc(C(=O)NCC(=N)SC(=N)c2ccncc2)nn1. The Morgan fingerprint density at radius 3 is 2.58 bits per heavy atom. The number of carbonyl (C=O) groups excluding carboxylic acids is 2. The summed E-state index contributed by atoms with van der Waals surface area (Å²) in [6.07, 6.45) is 4.44. The maximum Gasteiger partial charge on any atom is 0.273 e. The van der Waals surface area contributed by atoms with E-state index in [1.165, 1.54) is 10.9 Å². The first-order chi connectivity index (χ1) is 12.2. The molecule has 0 bridgehead atoms. The van der Waals surface area contributed by atoms with Gasteiger partial charge in [0, 0.05) is 18.0 Å². The molecule has 2 rings (SSSR count). The zero-order chi connectivity index (χ0) is 19.3. The molecule has 5 N–H and O–H groups in total. The van der Waals surface area contributed by atoms with Crippen LogP contribution in [-0.2, 0) is 10.3 Å². The Morgan fingerprint density at radius 1 is 1.31 bits per heavy atom. The Balaban J connectivity index is 1.91. The Bertz CT molecular complexity index is 846. The normalized spacial score (nSPS) is 11.0. The molecule has 0 spiro atoms. The Hall–Kier alpha value is -3.08. The molecule has 0 aliphatic carbocycles. The predicted octanol–water partition coefficient (Wildman–Crippen LogP) is 0.359. The van der Waals surface area contributed by atoms with E-state index < -0.39 is 17.4 Å². The van der Waals surface area contributed by atoms with Crippen LogP contribution in [0, 0.1) is 10.8 Å². The highest BCUT2D eigenvalue weighted by Gasteiger charge is 2.29. The standard InChI is InChI=1S/C15H18N8O2S/c1-15(2,14(18)25)23-8-10(21-22-23)13(24)20-7-11(16)26-12(17)9-3-5-19-6-4-9/h3-6,8,16-17H,7H2,1-2H3,(H2,18,25)(H,20,24). The van der Waals surface area contributed by atoms with E-state index in [0.717, 1.165) is 11.8 Å². The van der Waals surface area contributed by atoms with E-state index in [2.05, 4.69) is 20.6 Å². The summed E-state index contributed by atoms with van der Waals surface area (Å²) >= 11 is 0.925. The third-order valence-electron chi connectivity index (χ3n) is 3.48. The number of rotatable bonds is 6. The maximum atomic E-state index is 12.1. The van der Waals surface area contributed by atoms with E-state index in [0.29, 0.717) is 5.56 Å². The first-order valence-electron chi connectivity index (χ1n) is 7.47. The first kappa shape index (κ1) is 19.2. The second-order valence-electron chi connectivity index (χ2n) is 5.74. The highest BCUT2D eigenvalue weighted by atomic mass is 32.2. The predicted molar refractivity (Wildman–Crippen MR) is 97.3 cm³/mol. The molecule has 136 valence electrons. The molecular formula is C15H18N8O2S. The lowest BCUT2D eigenvalue weighted by atomic mass is 10.1. The number of nitrogens with zero attached hydrogens (tertiary/aromatic N) is 4. The lowest BCUT2D eigenvalue weighted by molar-refractivity contribution is -0.125. The van der Waals surface area contributed by atoms with Crippen LogP contribution in [0.25, 0.3) is 0 Å². The maximum absolute atomic E-state index is 12.1. The lowest BCUT2D eigenvalue weighted by Gasteiger charge is -2.19. The minimum Gasteiger partial charge on any atom is -0.368 e. The van der Waals surface area contributed by atoms with Crippen molar-refractivity contribution in [2.75, 3.05) is 6.54 Å². The number of thioether (sulfide) groups is 1. The van der Waals surface area contributed by atoms with E-state index in [1.54, 1.807) is 38.4 Å². The van der Waals surface area contributed by atoms with Crippen LogP contribution in [-0.4, -0.2) is 48.4 Å². The molecule has 0 atom stereocenters. The van der Waals surface area contributed by atoms with Gasteiger partial charge in [-0.1, -0.05) is 17.0 Å². The zero-order valence-corrected chi connectivity index (χ0v) is 15.0. The summed E-state index contributed by atoms with van der Waals surface area (Å²) in [5.74, 6) is -1.15. The van der Waals surface area contributed by atoms with E-state index in [4.69, 9.17) is 16.6 Å². The van der Waals surface area contributed by atoms with Crippen molar-refractivity contribution in [1.29, 1.82) is 10.8 Å². The molecule has 0 saturated carbocycles. The second-order valence-corrected chi connectivity index (χ2v) is 6.85. The first-order valence-corrected chi connectivity index (χ1v) is 8.28. The van der Waals surface area contributed by atoms with Crippen molar-refractivity contribution in [2.24, 2.45) is 5.73 Å². The number of carbonyl (C=O) groups is 2. The van der Waals surface area contributed by atoms with Gasteiger partial charge in [0.1, 0.15) is 10.6 Å². The average Bonchev–Trinajstić information content (AvgIpc) is 3.11. The summed E-state index contributed by atoms with van der Waals surface area (Å²) in [5, 5.41) is 26.1. The smallest absolute Gasteiger partial charge is 0.273 e. The summed E-state index contributed by atoms with van der Waals surface area (Å²) < 4.78 is 1.21. The van der Waals surface area contributed by atoms with Crippen LogP contribution in [0.4, 0.5) is 0 Å². The molecule has 0 aliphatic rings. The highest BCUT2D eigenvalue weighted by Crippen LogP contribution is 2.14. The molecule has 2 heterocycles. The number of hydrogen-bond donors (Lipinski definition) is 4. The molecule has 0 unspecified atom stereocenters. The summed E-state index contributed by atoms with van der Waals surface area (Å²) in [5.41, 5.74) is 4.82. The van der Waals surface area contributed by atoms with Gasteiger partial charge in [-0.3, -0.25) is 25.4 Å². The second kappa shape index (κ2) is 7.87. The minimum absolute atomic E-state index is 0.00124. The number of nitrogens with two attached hydrogens (primary N) is 1. The molecule has 2 aromatic rings. The van der Waals surface area contributed by atoms with Gasteiger partial charge < -0.3 is 11.1 Å². The van der Waals surface area contributed by atoms with Crippen LogP contribution in [0.15, 0.2) is 30.7 Å². The monoisotopic (exact) mass is 374 g/mol. The van der Waals surface area contributed by atoms with Crippen LogP contribution in [0.3, 0.4) is 0 Å². The average molecular weight is 374 g/mol. The molecule has 26 heavy (non-hydrogen) atoms. The van der Waals surface area contributed by atoms with Crippen LogP contribution in [0.1, 0.15) is 29.9 Å². The molecule has 2 aromatic heterocycles. The fraction of sp³-hybridized carbons (Fsp3) is 0.267. The van der Waals surface area contributed by atoms with Crippen molar-refractivity contribution in [3.05, 3.63) is 42.0 Å². The topological polar surface area (TPSA) is 163 Å². The van der Waals surface area contributed by atoms with E-state index in [1.807, 2.05) is 0 Å². The van der Waals surface area contributed by atoms with Crippen LogP contribution >= 0.6 is 11.8 Å².